The van der Waals surface area contributed by atoms with Crippen molar-refractivity contribution in [2.75, 3.05) is 18.5 Å². The Hall–Kier alpha value is -3.43. The molecule has 0 saturated heterocycles. The summed E-state index contributed by atoms with van der Waals surface area (Å²) >= 11 is 1.14. The minimum Gasteiger partial charge on any atom is -0.395 e. The number of nitro benzene ring substituents is 1. The molecule has 4 aromatic rings. The van der Waals surface area contributed by atoms with Crippen molar-refractivity contribution in [3.8, 4) is 0 Å². The number of azo groups is 1. The lowest BCUT2D eigenvalue weighted by atomic mass is 10.1. The maximum Gasteiger partial charge on any atom is 0.270 e. The molecular weight excluding hydrogens is 378 g/mol. The molecule has 4 rings (SSSR count). The Morgan fingerprint density at radius 3 is 2.79 bits per heavy atom. The normalized spacial score (nSPS) is 11.5. The summed E-state index contributed by atoms with van der Waals surface area (Å²) in [6.45, 7) is 0.378. The van der Waals surface area contributed by atoms with E-state index in [1.807, 2.05) is 36.4 Å². The van der Waals surface area contributed by atoms with Crippen LogP contribution in [0.3, 0.4) is 0 Å². The number of anilines is 1. The first-order chi connectivity index (χ1) is 13.7. The van der Waals surface area contributed by atoms with Crippen molar-refractivity contribution >= 4 is 55.3 Å². The number of aromatic nitrogens is 1. The Morgan fingerprint density at radius 2 is 1.96 bits per heavy atom. The lowest BCUT2D eigenvalue weighted by Gasteiger charge is -2.10. The van der Waals surface area contributed by atoms with E-state index >= 15 is 0 Å². The molecule has 8 nitrogen and oxygen atoms in total. The Morgan fingerprint density at radius 1 is 1.11 bits per heavy atom. The van der Waals surface area contributed by atoms with Gasteiger partial charge in [-0.15, -0.1) is 10.2 Å². The molecule has 0 saturated carbocycles. The number of aliphatic hydroxyl groups excluding tert-OH is 1. The van der Waals surface area contributed by atoms with Gasteiger partial charge in [0.1, 0.15) is 5.69 Å². The molecule has 140 valence electrons. The van der Waals surface area contributed by atoms with E-state index in [0.29, 0.717) is 28.1 Å². The second-order valence-corrected chi connectivity index (χ2v) is 6.73. The third-order valence-electron chi connectivity index (χ3n) is 4.22. The number of non-ortho nitro benzene ring substituents is 1. The third kappa shape index (κ3) is 3.40. The van der Waals surface area contributed by atoms with Crippen LogP contribution in [-0.2, 0) is 0 Å². The summed E-state index contributed by atoms with van der Waals surface area (Å²) in [5, 5.41) is 35.1. The van der Waals surface area contributed by atoms with E-state index in [0.717, 1.165) is 28.0 Å². The molecule has 3 aromatic carbocycles. The quantitative estimate of drug-likeness (QED) is 0.266. The van der Waals surface area contributed by atoms with Gasteiger partial charge in [-0.25, -0.2) is 0 Å². The Kier molecular flexibility index (Phi) is 4.92. The second kappa shape index (κ2) is 7.67. The molecule has 28 heavy (non-hydrogen) atoms. The molecule has 0 aliphatic carbocycles. The van der Waals surface area contributed by atoms with Crippen LogP contribution in [0.15, 0.2) is 64.8 Å². The molecule has 0 unspecified atom stereocenters. The fraction of sp³-hybridized carbons (Fsp3) is 0.105. The zero-order valence-electron chi connectivity index (χ0n) is 14.6. The van der Waals surface area contributed by atoms with Crippen LogP contribution in [0.25, 0.3) is 21.7 Å². The molecule has 0 aliphatic rings. The molecule has 0 aliphatic heterocycles. The summed E-state index contributed by atoms with van der Waals surface area (Å²) in [6.07, 6.45) is 0. The zero-order valence-corrected chi connectivity index (χ0v) is 15.4. The maximum absolute atomic E-state index is 11.1. The third-order valence-corrected chi connectivity index (χ3v) is 4.98. The number of fused-ring (bicyclic) bond motifs is 2. The van der Waals surface area contributed by atoms with Crippen LogP contribution in [0.5, 0.6) is 0 Å². The highest BCUT2D eigenvalue weighted by atomic mass is 32.1. The number of nitrogens with zero attached hydrogens (tertiary/aromatic N) is 4. The Balaban J connectivity index is 1.81. The molecule has 0 amide bonds. The topological polar surface area (TPSA) is 113 Å². The monoisotopic (exact) mass is 393 g/mol. The first-order valence-corrected chi connectivity index (χ1v) is 9.27. The van der Waals surface area contributed by atoms with Gasteiger partial charge in [-0.1, -0.05) is 30.3 Å². The molecular formula is C19H15N5O3S. The van der Waals surface area contributed by atoms with Gasteiger partial charge in [0, 0.05) is 29.4 Å². The second-order valence-electron chi connectivity index (χ2n) is 5.98. The van der Waals surface area contributed by atoms with Gasteiger partial charge in [-0.2, -0.15) is 4.37 Å². The van der Waals surface area contributed by atoms with Crippen LogP contribution >= 0.6 is 11.5 Å². The van der Waals surface area contributed by atoms with Crippen LogP contribution in [0.2, 0.25) is 0 Å². The highest BCUT2D eigenvalue weighted by molar-refractivity contribution is 7.11. The minimum absolute atomic E-state index is 0.00738. The molecule has 0 spiro atoms. The summed E-state index contributed by atoms with van der Waals surface area (Å²) in [4.78, 5) is 10.6. The first-order valence-electron chi connectivity index (χ1n) is 8.49. The maximum atomic E-state index is 11.1. The largest absolute Gasteiger partial charge is 0.395 e. The molecule has 0 bridgehead atoms. The zero-order chi connectivity index (χ0) is 19.5. The molecule has 0 atom stereocenters. The van der Waals surface area contributed by atoms with Crippen molar-refractivity contribution in [3.63, 3.8) is 0 Å². The van der Waals surface area contributed by atoms with Crippen LogP contribution in [0.4, 0.5) is 22.1 Å². The number of nitrogens with one attached hydrogen (secondary N) is 1. The van der Waals surface area contributed by atoms with E-state index in [-0.39, 0.29) is 12.3 Å². The predicted octanol–water partition coefficient (Wildman–Crippen LogP) is 5.18. The van der Waals surface area contributed by atoms with Crippen LogP contribution in [0.1, 0.15) is 0 Å². The van der Waals surface area contributed by atoms with E-state index in [1.54, 1.807) is 6.07 Å². The van der Waals surface area contributed by atoms with Crippen molar-refractivity contribution in [1.82, 2.24) is 4.37 Å². The van der Waals surface area contributed by atoms with Crippen molar-refractivity contribution in [2.45, 2.75) is 0 Å². The van der Waals surface area contributed by atoms with Crippen LogP contribution < -0.4 is 5.32 Å². The highest BCUT2D eigenvalue weighted by Gasteiger charge is 2.13. The molecule has 1 heterocycles. The Bertz CT molecular complexity index is 1200. The van der Waals surface area contributed by atoms with Crippen molar-refractivity contribution in [1.29, 1.82) is 0 Å². The van der Waals surface area contributed by atoms with E-state index in [2.05, 4.69) is 19.9 Å². The van der Waals surface area contributed by atoms with Crippen LogP contribution in [-0.4, -0.2) is 27.6 Å². The van der Waals surface area contributed by atoms with Gasteiger partial charge in [-0.05, 0) is 29.1 Å². The van der Waals surface area contributed by atoms with Crippen LogP contribution in [0, 0.1) is 10.1 Å². The average molecular weight is 393 g/mol. The fourth-order valence-corrected chi connectivity index (χ4v) is 3.58. The molecule has 1 aromatic heterocycles. The summed E-state index contributed by atoms with van der Waals surface area (Å²) in [5.74, 6) is 0. The fourth-order valence-electron chi connectivity index (χ4n) is 2.89. The van der Waals surface area contributed by atoms with Crippen molar-refractivity contribution in [2.24, 2.45) is 10.2 Å². The lowest BCUT2D eigenvalue weighted by Crippen LogP contribution is -2.05. The Labute approximate surface area is 163 Å². The number of hydrogen-bond acceptors (Lipinski definition) is 8. The van der Waals surface area contributed by atoms with E-state index in [1.165, 1.54) is 12.1 Å². The van der Waals surface area contributed by atoms with E-state index in [9.17, 15) is 10.1 Å². The first kappa shape index (κ1) is 18.0. The van der Waals surface area contributed by atoms with Gasteiger partial charge < -0.3 is 10.4 Å². The highest BCUT2D eigenvalue weighted by Crippen LogP contribution is 2.38. The lowest BCUT2D eigenvalue weighted by molar-refractivity contribution is -0.384. The molecule has 9 heteroatoms. The van der Waals surface area contributed by atoms with E-state index < -0.39 is 4.92 Å². The molecule has 0 radical (unpaired) electrons. The predicted molar refractivity (Wildman–Crippen MR) is 110 cm³/mol. The summed E-state index contributed by atoms with van der Waals surface area (Å²) < 4.78 is 4.28. The smallest absolute Gasteiger partial charge is 0.270 e. The standard InChI is InChI=1S/C19H15N5O3S/c25-10-9-20-17-7-5-12-3-1-2-4-14(12)18(17)21-22-19-15-11-13(24(26)27)6-8-16(15)23-28-19/h1-8,11,20,25H,9-10H2. The molecule has 0 fully saturated rings. The van der Waals surface area contributed by atoms with Gasteiger partial charge in [-0.3, -0.25) is 10.1 Å². The van der Waals surface area contributed by atoms with E-state index in [4.69, 9.17) is 5.11 Å². The number of benzene rings is 3. The van der Waals surface area contributed by atoms with Gasteiger partial charge in [0.25, 0.3) is 5.69 Å². The number of nitro groups is 1. The summed E-state index contributed by atoms with van der Waals surface area (Å²) in [5.41, 5.74) is 2.01. The van der Waals surface area contributed by atoms with Crippen molar-refractivity contribution < 1.29 is 10.0 Å². The average Bonchev–Trinajstić information content (AvgIpc) is 3.13. The number of hydrogen-bond donors (Lipinski definition) is 2. The number of rotatable bonds is 6. The SMILES string of the molecule is O=[N+]([O-])c1ccc2nsc(N=Nc3c(NCCO)ccc4ccccc34)c2c1. The molecule has 2 N–H and O–H groups in total. The summed E-state index contributed by atoms with van der Waals surface area (Å²) in [6, 6.07) is 16.1. The number of aliphatic hydroxyl groups is 1. The van der Waals surface area contributed by atoms with Gasteiger partial charge >= 0.3 is 0 Å². The van der Waals surface area contributed by atoms with Gasteiger partial charge in [0.05, 0.1) is 22.7 Å². The van der Waals surface area contributed by atoms with Gasteiger partial charge in [0.2, 0.25) is 0 Å². The van der Waals surface area contributed by atoms with Gasteiger partial charge in [0.15, 0.2) is 5.00 Å². The summed E-state index contributed by atoms with van der Waals surface area (Å²) in [7, 11) is 0. The minimum atomic E-state index is -0.445. The van der Waals surface area contributed by atoms with Crippen molar-refractivity contribution in [3.05, 3.63) is 64.7 Å².